The van der Waals surface area contributed by atoms with Crippen molar-refractivity contribution in [1.82, 2.24) is 0 Å². The lowest BCUT2D eigenvalue weighted by molar-refractivity contribution is -0.129. The van der Waals surface area contributed by atoms with Gasteiger partial charge in [-0.2, -0.15) is 0 Å². The second-order valence-electron chi connectivity index (χ2n) is 9.98. The lowest BCUT2D eigenvalue weighted by atomic mass is 9.72. The van der Waals surface area contributed by atoms with Gasteiger partial charge in [-0.3, -0.25) is 4.79 Å². The molecule has 2 N–H and O–H groups in total. The Morgan fingerprint density at radius 1 is 1.14 bits per heavy atom. The van der Waals surface area contributed by atoms with Crippen molar-refractivity contribution in [3.63, 3.8) is 0 Å². The number of nitrogens with two attached hydrogens (primary N) is 1. The van der Waals surface area contributed by atoms with E-state index >= 15 is 0 Å². The van der Waals surface area contributed by atoms with Gasteiger partial charge in [0.25, 0.3) is 5.91 Å². The number of halogens is 1. The molecule has 2 aromatic rings. The summed E-state index contributed by atoms with van der Waals surface area (Å²) < 4.78 is 10.5. The van der Waals surface area contributed by atoms with Gasteiger partial charge >= 0.3 is 11.6 Å². The summed E-state index contributed by atoms with van der Waals surface area (Å²) in [5.41, 5.74) is 8.95. The molecule has 0 aliphatic heterocycles. The number of carbonyl (C=O) groups excluding carboxylic acids is 2. The van der Waals surface area contributed by atoms with Crippen LogP contribution in [0.3, 0.4) is 0 Å². The summed E-state index contributed by atoms with van der Waals surface area (Å²) in [5, 5.41) is 0.492. The first-order chi connectivity index (χ1) is 17.4. The maximum Gasteiger partial charge on any atom is 0.349 e. The molecule has 0 unspecified atom stereocenters. The van der Waals surface area contributed by atoms with E-state index in [9.17, 15) is 14.4 Å². The molecule has 0 radical (unpaired) electrons. The molecule has 194 valence electrons. The van der Waals surface area contributed by atoms with Crippen LogP contribution in [0.4, 0.5) is 0 Å². The highest BCUT2D eigenvalue weighted by Gasteiger charge is 2.26. The van der Waals surface area contributed by atoms with Crippen LogP contribution in [0.2, 0.25) is 5.02 Å². The molecule has 0 saturated carbocycles. The molecule has 6 nitrogen and oxygen atoms in total. The first kappa shape index (κ1) is 27.9. The monoisotopic (exact) mass is 521 g/mol. The van der Waals surface area contributed by atoms with E-state index in [4.69, 9.17) is 26.5 Å². The number of esters is 1. The van der Waals surface area contributed by atoms with Crippen molar-refractivity contribution >= 4 is 34.4 Å². The molecule has 1 amide bonds. The summed E-state index contributed by atoms with van der Waals surface area (Å²) in [7, 11) is 0. The van der Waals surface area contributed by atoms with Crippen LogP contribution >= 0.6 is 11.6 Å². The molecule has 0 atom stereocenters. The van der Waals surface area contributed by atoms with E-state index in [1.165, 1.54) is 48.3 Å². The lowest BCUT2D eigenvalue weighted by Gasteiger charge is -2.32. The van der Waals surface area contributed by atoms with Gasteiger partial charge in [0, 0.05) is 17.5 Å². The summed E-state index contributed by atoms with van der Waals surface area (Å²) in [5.74, 6) is -1.52. The fourth-order valence-electron chi connectivity index (χ4n) is 4.37. The Balaban J connectivity index is 1.68. The van der Waals surface area contributed by atoms with Gasteiger partial charge in [-0.1, -0.05) is 67.0 Å². The van der Waals surface area contributed by atoms with E-state index in [0.29, 0.717) is 11.0 Å². The molecule has 0 fully saturated rings. The standard InChI is InChI=1S/C30H32ClNO5/c1-18(11-12-23-20(3)10-7-13-30(23,4)5)8-6-9-19(2)14-27(33)36-26-17-25-21(16-24(26)31)15-22(28(32)34)29(35)37-25/h6,8-9,11-12,14-17H,7,10,13H2,1-5H3,(H2,32,34). The SMILES string of the molecule is CC(C=CC1=C(C)CCCC1(C)C)=CC=CC(C)=CC(=O)Oc1cc2oc(=O)c(C(N)=O)cc2cc1Cl. The fraction of sp³-hybridized carbons (Fsp3) is 0.300. The van der Waals surface area contributed by atoms with E-state index < -0.39 is 17.5 Å². The minimum Gasteiger partial charge on any atom is -0.422 e. The van der Waals surface area contributed by atoms with Crippen LogP contribution in [0.1, 0.15) is 64.2 Å². The summed E-state index contributed by atoms with van der Waals surface area (Å²) in [4.78, 5) is 35.7. The smallest absolute Gasteiger partial charge is 0.349 e. The number of primary amides is 1. The summed E-state index contributed by atoms with van der Waals surface area (Å²) in [6.45, 7) is 10.6. The van der Waals surface area contributed by atoms with E-state index in [1.54, 1.807) is 13.0 Å². The van der Waals surface area contributed by atoms with Crippen LogP contribution < -0.4 is 16.1 Å². The first-order valence-electron chi connectivity index (χ1n) is 12.1. The van der Waals surface area contributed by atoms with Crippen molar-refractivity contribution in [3.8, 4) is 5.75 Å². The minimum absolute atomic E-state index is 0.0262. The average molecular weight is 522 g/mol. The molecule has 0 bridgehead atoms. The van der Waals surface area contributed by atoms with Crippen LogP contribution in [-0.2, 0) is 4.79 Å². The minimum atomic E-state index is -0.905. The van der Waals surface area contributed by atoms with Crippen molar-refractivity contribution in [3.05, 3.63) is 98.0 Å². The van der Waals surface area contributed by atoms with Crippen molar-refractivity contribution < 1.29 is 18.7 Å². The number of carbonyl (C=O) groups is 2. The lowest BCUT2D eigenvalue weighted by Crippen LogP contribution is -2.20. The number of fused-ring (bicyclic) bond motifs is 1. The summed E-state index contributed by atoms with van der Waals surface area (Å²) in [6.07, 6.45) is 14.9. The van der Waals surface area contributed by atoms with E-state index in [0.717, 1.165) is 12.0 Å². The van der Waals surface area contributed by atoms with Crippen LogP contribution in [0.15, 0.2) is 86.2 Å². The topological polar surface area (TPSA) is 99.6 Å². The molecule has 0 spiro atoms. The van der Waals surface area contributed by atoms with Gasteiger partial charge in [0.1, 0.15) is 11.1 Å². The zero-order valence-electron chi connectivity index (χ0n) is 21.8. The van der Waals surface area contributed by atoms with Gasteiger partial charge in [-0.05, 0) is 68.7 Å². The van der Waals surface area contributed by atoms with Gasteiger partial charge in [0.05, 0.1) is 5.02 Å². The second kappa shape index (κ2) is 11.6. The summed E-state index contributed by atoms with van der Waals surface area (Å²) >= 11 is 6.22. The van der Waals surface area contributed by atoms with Gasteiger partial charge in [-0.15, -0.1) is 0 Å². The highest BCUT2D eigenvalue weighted by molar-refractivity contribution is 6.33. The predicted octanol–water partition coefficient (Wildman–Crippen LogP) is 6.98. The van der Waals surface area contributed by atoms with Crippen molar-refractivity contribution in [2.45, 2.75) is 53.9 Å². The number of benzene rings is 1. The van der Waals surface area contributed by atoms with Crippen LogP contribution in [0, 0.1) is 5.41 Å². The number of allylic oxidation sites excluding steroid dienone is 9. The van der Waals surface area contributed by atoms with Crippen LogP contribution in [0.5, 0.6) is 5.75 Å². The van der Waals surface area contributed by atoms with E-state index in [1.807, 2.05) is 19.1 Å². The van der Waals surface area contributed by atoms with Crippen molar-refractivity contribution in [2.75, 3.05) is 0 Å². The maximum atomic E-state index is 12.4. The van der Waals surface area contributed by atoms with Crippen LogP contribution in [0.25, 0.3) is 11.0 Å². The number of hydrogen-bond acceptors (Lipinski definition) is 5. The van der Waals surface area contributed by atoms with E-state index in [-0.39, 0.29) is 27.3 Å². The molecule has 0 saturated heterocycles. The Morgan fingerprint density at radius 2 is 1.86 bits per heavy atom. The van der Waals surface area contributed by atoms with Gasteiger partial charge in [0.15, 0.2) is 5.75 Å². The highest BCUT2D eigenvalue weighted by Crippen LogP contribution is 2.40. The molecule has 3 rings (SSSR count). The molecular formula is C30H32ClNO5. The molecule has 1 aliphatic rings. The fourth-order valence-corrected chi connectivity index (χ4v) is 4.59. The maximum absolute atomic E-state index is 12.4. The predicted molar refractivity (Wildman–Crippen MR) is 148 cm³/mol. The molecular weight excluding hydrogens is 490 g/mol. The third-order valence-electron chi connectivity index (χ3n) is 6.38. The third-order valence-corrected chi connectivity index (χ3v) is 6.68. The zero-order chi connectivity index (χ0) is 27.3. The Hall–Kier alpha value is -3.64. The Bertz CT molecular complexity index is 1450. The zero-order valence-corrected chi connectivity index (χ0v) is 22.6. The first-order valence-corrected chi connectivity index (χ1v) is 12.5. The Morgan fingerprint density at radius 3 is 2.54 bits per heavy atom. The molecule has 7 heteroatoms. The van der Waals surface area contributed by atoms with Crippen molar-refractivity contribution in [2.24, 2.45) is 11.1 Å². The number of ether oxygens (including phenoxy) is 1. The molecule has 1 heterocycles. The van der Waals surface area contributed by atoms with Gasteiger partial charge < -0.3 is 14.9 Å². The summed E-state index contributed by atoms with van der Waals surface area (Å²) in [6, 6.07) is 4.04. The number of hydrogen-bond donors (Lipinski definition) is 1. The number of amides is 1. The molecule has 37 heavy (non-hydrogen) atoms. The molecule has 1 aromatic carbocycles. The van der Waals surface area contributed by atoms with Gasteiger partial charge in [0.2, 0.25) is 0 Å². The van der Waals surface area contributed by atoms with Crippen LogP contribution in [-0.4, -0.2) is 11.9 Å². The Labute approximate surface area is 221 Å². The van der Waals surface area contributed by atoms with E-state index in [2.05, 4.69) is 32.9 Å². The highest BCUT2D eigenvalue weighted by atomic mass is 35.5. The largest absolute Gasteiger partial charge is 0.422 e. The normalized spacial score (nSPS) is 16.7. The second-order valence-corrected chi connectivity index (χ2v) is 10.4. The average Bonchev–Trinajstić information content (AvgIpc) is 2.78. The number of rotatable bonds is 7. The Kier molecular flexibility index (Phi) is 8.77. The van der Waals surface area contributed by atoms with Crippen molar-refractivity contribution in [1.29, 1.82) is 0 Å². The van der Waals surface area contributed by atoms with Gasteiger partial charge in [-0.25, -0.2) is 9.59 Å². The molecule has 1 aromatic heterocycles. The molecule has 1 aliphatic carbocycles. The quantitative estimate of drug-likeness (QED) is 0.139. The third kappa shape index (κ3) is 7.20.